The van der Waals surface area contributed by atoms with Crippen molar-refractivity contribution in [3.8, 4) is 5.69 Å². The molecule has 4 nitrogen and oxygen atoms in total. The van der Waals surface area contributed by atoms with Crippen molar-refractivity contribution in [2.75, 3.05) is 6.54 Å². The van der Waals surface area contributed by atoms with E-state index < -0.39 is 0 Å². The van der Waals surface area contributed by atoms with E-state index in [1.165, 1.54) is 5.56 Å². The number of aromatic nitrogens is 3. The second-order valence-corrected chi connectivity index (χ2v) is 5.95. The van der Waals surface area contributed by atoms with Gasteiger partial charge in [0.05, 0.1) is 17.6 Å². The fraction of sp³-hybridized carbons (Fsp3) is 0.429. The number of aryl methyl sites for hydroxylation is 1. The van der Waals surface area contributed by atoms with Crippen molar-refractivity contribution in [2.45, 2.75) is 27.3 Å². The average Bonchev–Trinajstić information content (AvgIpc) is 2.80. The van der Waals surface area contributed by atoms with E-state index >= 15 is 0 Å². The Morgan fingerprint density at radius 3 is 2.84 bits per heavy atom. The molecule has 0 aliphatic carbocycles. The lowest BCUT2D eigenvalue weighted by molar-refractivity contribution is 0.542. The third kappa shape index (κ3) is 3.64. The molecule has 5 heteroatoms. The van der Waals surface area contributed by atoms with Crippen LogP contribution in [0.5, 0.6) is 0 Å². The van der Waals surface area contributed by atoms with Gasteiger partial charge in [-0.1, -0.05) is 41.1 Å². The van der Waals surface area contributed by atoms with Gasteiger partial charge in [0.1, 0.15) is 0 Å². The Hall–Kier alpha value is -1.20. The number of hydrogen-bond donors (Lipinski definition) is 1. The quantitative estimate of drug-likeness (QED) is 0.919. The zero-order chi connectivity index (χ0) is 13.8. The molecule has 0 unspecified atom stereocenters. The molecular formula is C14H19BrN4. The number of nitrogens with zero attached hydrogens (tertiary/aromatic N) is 3. The van der Waals surface area contributed by atoms with Crippen molar-refractivity contribution in [1.82, 2.24) is 20.3 Å². The summed E-state index contributed by atoms with van der Waals surface area (Å²) in [5.74, 6) is 0.637. The van der Waals surface area contributed by atoms with Gasteiger partial charge in [0.25, 0.3) is 0 Å². The monoisotopic (exact) mass is 322 g/mol. The first kappa shape index (κ1) is 14.2. The Balaban J connectivity index is 2.16. The van der Waals surface area contributed by atoms with Crippen LogP contribution in [0.3, 0.4) is 0 Å². The molecular weight excluding hydrogens is 304 g/mol. The number of rotatable bonds is 5. The van der Waals surface area contributed by atoms with Crippen LogP contribution in [0.1, 0.15) is 25.1 Å². The van der Waals surface area contributed by atoms with Crippen LogP contribution in [-0.2, 0) is 6.54 Å². The predicted octanol–water partition coefficient (Wildman–Crippen LogP) is 3.08. The van der Waals surface area contributed by atoms with Crippen LogP contribution < -0.4 is 5.32 Å². The third-order valence-electron chi connectivity index (χ3n) is 2.88. The highest BCUT2D eigenvalue weighted by atomic mass is 79.9. The summed E-state index contributed by atoms with van der Waals surface area (Å²) in [6, 6.07) is 6.20. The predicted molar refractivity (Wildman–Crippen MR) is 80.3 cm³/mol. The molecule has 0 aliphatic rings. The van der Waals surface area contributed by atoms with Crippen LogP contribution >= 0.6 is 15.9 Å². The van der Waals surface area contributed by atoms with Crippen molar-refractivity contribution >= 4 is 15.9 Å². The van der Waals surface area contributed by atoms with Gasteiger partial charge in [-0.15, -0.1) is 5.10 Å². The molecule has 0 bridgehead atoms. The van der Waals surface area contributed by atoms with Gasteiger partial charge in [-0.2, -0.15) is 0 Å². The molecule has 0 spiro atoms. The molecule has 0 aliphatic heterocycles. The maximum atomic E-state index is 4.16. The number of halogens is 1. The Bertz CT molecular complexity index is 548. The third-order valence-corrected chi connectivity index (χ3v) is 3.73. The standard InChI is InChI=1S/C14H19BrN4/c1-10(2)7-16-8-13-9-17-18-19(13)12-5-4-11(3)14(15)6-12/h4-6,9-10,16H,7-8H2,1-3H3. The van der Waals surface area contributed by atoms with Gasteiger partial charge in [0.15, 0.2) is 0 Å². The van der Waals surface area contributed by atoms with Crippen molar-refractivity contribution < 1.29 is 0 Å². The van der Waals surface area contributed by atoms with Crippen LogP contribution in [0.2, 0.25) is 0 Å². The SMILES string of the molecule is Cc1ccc(-n2nncc2CNCC(C)C)cc1Br. The second-order valence-electron chi connectivity index (χ2n) is 5.10. The van der Waals surface area contributed by atoms with Crippen molar-refractivity contribution in [1.29, 1.82) is 0 Å². The molecule has 0 amide bonds. The lowest BCUT2D eigenvalue weighted by atomic mass is 10.2. The van der Waals surface area contributed by atoms with Gasteiger partial charge in [-0.25, -0.2) is 4.68 Å². The van der Waals surface area contributed by atoms with Crippen LogP contribution in [0.4, 0.5) is 0 Å². The van der Waals surface area contributed by atoms with Crippen LogP contribution in [-0.4, -0.2) is 21.5 Å². The van der Waals surface area contributed by atoms with Gasteiger partial charge >= 0.3 is 0 Å². The summed E-state index contributed by atoms with van der Waals surface area (Å²) in [6.07, 6.45) is 1.81. The minimum absolute atomic E-state index is 0.637. The van der Waals surface area contributed by atoms with Crippen molar-refractivity contribution in [2.24, 2.45) is 5.92 Å². The van der Waals surface area contributed by atoms with E-state index in [9.17, 15) is 0 Å². The average molecular weight is 323 g/mol. The molecule has 1 aromatic heterocycles. The fourth-order valence-corrected chi connectivity index (χ4v) is 2.16. The largest absolute Gasteiger partial charge is 0.311 e. The fourth-order valence-electron chi connectivity index (χ4n) is 1.80. The van der Waals surface area contributed by atoms with E-state index in [0.717, 1.165) is 28.9 Å². The Kier molecular flexibility index (Phi) is 4.71. The zero-order valence-electron chi connectivity index (χ0n) is 11.5. The molecule has 2 rings (SSSR count). The van der Waals surface area contributed by atoms with E-state index in [1.54, 1.807) is 6.20 Å². The van der Waals surface area contributed by atoms with Crippen LogP contribution in [0.25, 0.3) is 5.69 Å². The summed E-state index contributed by atoms with van der Waals surface area (Å²) in [6.45, 7) is 8.22. The molecule has 0 atom stereocenters. The Morgan fingerprint density at radius 1 is 1.37 bits per heavy atom. The van der Waals surface area contributed by atoms with Crippen LogP contribution in [0.15, 0.2) is 28.9 Å². The summed E-state index contributed by atoms with van der Waals surface area (Å²) < 4.78 is 2.96. The summed E-state index contributed by atoms with van der Waals surface area (Å²) in [5, 5.41) is 11.6. The molecule has 19 heavy (non-hydrogen) atoms. The normalized spacial score (nSPS) is 11.2. The van der Waals surface area contributed by atoms with E-state index in [2.05, 4.69) is 70.5 Å². The van der Waals surface area contributed by atoms with Crippen molar-refractivity contribution in [3.63, 3.8) is 0 Å². The lowest BCUT2D eigenvalue weighted by Gasteiger charge is -2.10. The second kappa shape index (κ2) is 6.30. The number of benzene rings is 1. The smallest absolute Gasteiger partial charge is 0.0783 e. The topological polar surface area (TPSA) is 42.7 Å². The molecule has 102 valence electrons. The molecule has 0 fully saturated rings. The highest BCUT2D eigenvalue weighted by Gasteiger charge is 2.07. The molecule has 0 radical (unpaired) electrons. The first-order valence-electron chi connectivity index (χ1n) is 6.44. The van der Waals surface area contributed by atoms with Crippen molar-refractivity contribution in [3.05, 3.63) is 40.1 Å². The summed E-state index contributed by atoms with van der Waals surface area (Å²) in [7, 11) is 0. The van der Waals surface area contributed by atoms with E-state index in [0.29, 0.717) is 5.92 Å². The molecule has 0 saturated heterocycles. The molecule has 1 N–H and O–H groups in total. The molecule has 1 aromatic carbocycles. The van der Waals surface area contributed by atoms with E-state index in [-0.39, 0.29) is 0 Å². The molecule has 2 aromatic rings. The zero-order valence-corrected chi connectivity index (χ0v) is 13.1. The number of hydrogen-bond acceptors (Lipinski definition) is 3. The van der Waals surface area contributed by atoms with Gasteiger partial charge in [0, 0.05) is 11.0 Å². The van der Waals surface area contributed by atoms with Gasteiger partial charge in [0.2, 0.25) is 0 Å². The number of nitrogens with one attached hydrogen (secondary N) is 1. The first-order valence-corrected chi connectivity index (χ1v) is 7.24. The lowest BCUT2D eigenvalue weighted by Crippen LogP contribution is -2.20. The minimum atomic E-state index is 0.637. The van der Waals surface area contributed by atoms with Gasteiger partial charge < -0.3 is 5.32 Å². The molecule has 0 saturated carbocycles. The van der Waals surface area contributed by atoms with E-state index in [4.69, 9.17) is 0 Å². The van der Waals surface area contributed by atoms with E-state index in [1.807, 2.05) is 4.68 Å². The van der Waals surface area contributed by atoms with Gasteiger partial charge in [-0.3, -0.25) is 0 Å². The Morgan fingerprint density at radius 2 is 2.16 bits per heavy atom. The van der Waals surface area contributed by atoms with Gasteiger partial charge in [-0.05, 0) is 37.1 Å². The molecule has 1 heterocycles. The summed E-state index contributed by atoms with van der Waals surface area (Å²) >= 11 is 3.55. The highest BCUT2D eigenvalue weighted by Crippen LogP contribution is 2.20. The first-order chi connectivity index (χ1) is 9.08. The van der Waals surface area contributed by atoms with Crippen LogP contribution in [0, 0.1) is 12.8 Å². The Labute approximate surface area is 122 Å². The highest BCUT2D eigenvalue weighted by molar-refractivity contribution is 9.10. The maximum absolute atomic E-state index is 4.16. The minimum Gasteiger partial charge on any atom is -0.311 e. The summed E-state index contributed by atoms with van der Waals surface area (Å²) in [5.41, 5.74) is 3.30. The summed E-state index contributed by atoms with van der Waals surface area (Å²) in [4.78, 5) is 0. The maximum Gasteiger partial charge on any atom is 0.0783 e.